The van der Waals surface area contributed by atoms with E-state index in [0.717, 1.165) is 30.3 Å². The van der Waals surface area contributed by atoms with Gasteiger partial charge in [-0.15, -0.1) is 0 Å². The fraction of sp³-hybridized carbons (Fsp3) is 1.00. The zero-order valence-electron chi connectivity index (χ0n) is 14.3. The van der Waals surface area contributed by atoms with Gasteiger partial charge in [0.25, 0.3) is 0 Å². The Labute approximate surface area is 121 Å². The first-order valence-corrected chi connectivity index (χ1v) is 8.63. The number of hydrogen-bond acceptors (Lipinski definition) is 1. The molecule has 0 aliphatic heterocycles. The highest BCUT2D eigenvalue weighted by atomic mass is 14.9. The van der Waals surface area contributed by atoms with Gasteiger partial charge in [-0.3, -0.25) is 0 Å². The topological polar surface area (TPSA) is 12.0 Å². The van der Waals surface area contributed by atoms with Gasteiger partial charge in [0.1, 0.15) is 0 Å². The molecule has 1 heteroatoms. The van der Waals surface area contributed by atoms with Gasteiger partial charge in [0.05, 0.1) is 0 Å². The average molecular weight is 268 g/mol. The Morgan fingerprint density at radius 2 is 1.74 bits per heavy atom. The molecule has 1 nitrogen and oxygen atoms in total. The van der Waals surface area contributed by atoms with Crippen LogP contribution in [0.5, 0.6) is 0 Å². The molecule has 0 aromatic rings. The summed E-state index contributed by atoms with van der Waals surface area (Å²) in [4.78, 5) is 0. The Morgan fingerprint density at radius 3 is 2.26 bits per heavy atom. The number of nitrogens with one attached hydrogen (secondary N) is 1. The molecule has 0 amide bonds. The molecular weight excluding hydrogens is 230 g/mol. The van der Waals surface area contributed by atoms with Crippen molar-refractivity contribution in [1.29, 1.82) is 0 Å². The molecule has 0 bridgehead atoms. The molecule has 0 radical (unpaired) electrons. The van der Waals surface area contributed by atoms with Crippen molar-refractivity contribution in [2.24, 2.45) is 23.2 Å². The lowest BCUT2D eigenvalue weighted by atomic mass is 9.69. The molecular formula is C18H37N. The van der Waals surface area contributed by atoms with Crippen LogP contribution in [0.3, 0.4) is 0 Å². The fourth-order valence-electron chi connectivity index (χ4n) is 3.68. The van der Waals surface area contributed by atoms with E-state index in [4.69, 9.17) is 0 Å². The monoisotopic (exact) mass is 267 g/mol. The summed E-state index contributed by atoms with van der Waals surface area (Å²) < 4.78 is 0. The highest BCUT2D eigenvalue weighted by Gasteiger charge is 2.33. The highest BCUT2D eigenvalue weighted by Crippen LogP contribution is 2.38. The van der Waals surface area contributed by atoms with Crippen LogP contribution >= 0.6 is 0 Å². The van der Waals surface area contributed by atoms with Crippen LogP contribution in [-0.4, -0.2) is 12.6 Å². The number of rotatable bonds is 6. The third kappa shape index (κ3) is 5.10. The molecule has 1 N–H and O–H groups in total. The molecule has 0 saturated heterocycles. The third-order valence-electron chi connectivity index (χ3n) is 5.56. The van der Waals surface area contributed by atoms with Crippen molar-refractivity contribution in [3.05, 3.63) is 0 Å². The predicted octanol–water partition coefficient (Wildman–Crippen LogP) is 5.25. The van der Waals surface area contributed by atoms with Crippen molar-refractivity contribution in [2.45, 2.75) is 86.1 Å². The van der Waals surface area contributed by atoms with Crippen molar-refractivity contribution < 1.29 is 0 Å². The van der Waals surface area contributed by atoms with Gasteiger partial charge >= 0.3 is 0 Å². The molecule has 0 heterocycles. The summed E-state index contributed by atoms with van der Waals surface area (Å²) in [5, 5.41) is 3.82. The summed E-state index contributed by atoms with van der Waals surface area (Å²) in [6, 6.07) is 0.740. The zero-order chi connectivity index (χ0) is 14.5. The van der Waals surface area contributed by atoms with E-state index in [1.807, 2.05) is 0 Å². The van der Waals surface area contributed by atoms with Crippen molar-refractivity contribution in [1.82, 2.24) is 5.32 Å². The van der Waals surface area contributed by atoms with E-state index in [9.17, 15) is 0 Å². The van der Waals surface area contributed by atoms with E-state index in [2.05, 4.69) is 46.9 Å². The maximum atomic E-state index is 3.82. The smallest absolute Gasteiger partial charge is 0.0101 e. The Balaban J connectivity index is 2.69. The molecule has 19 heavy (non-hydrogen) atoms. The van der Waals surface area contributed by atoms with E-state index >= 15 is 0 Å². The second-order valence-corrected chi connectivity index (χ2v) is 7.78. The van der Waals surface area contributed by atoms with Gasteiger partial charge in [-0.2, -0.15) is 0 Å². The fourth-order valence-corrected chi connectivity index (χ4v) is 3.68. The summed E-state index contributed by atoms with van der Waals surface area (Å²) in [7, 11) is 0. The van der Waals surface area contributed by atoms with Gasteiger partial charge in [-0.05, 0) is 42.6 Å². The SMILES string of the molecule is CCNC(CC(C)C(C)(C)C)C1CCCCC1CC. The van der Waals surface area contributed by atoms with E-state index < -0.39 is 0 Å². The van der Waals surface area contributed by atoms with Crippen LogP contribution in [0.2, 0.25) is 0 Å². The summed E-state index contributed by atoms with van der Waals surface area (Å²) in [5.41, 5.74) is 0.435. The van der Waals surface area contributed by atoms with Gasteiger partial charge in [0.15, 0.2) is 0 Å². The average Bonchev–Trinajstić information content (AvgIpc) is 2.37. The molecule has 0 aromatic heterocycles. The molecule has 1 rings (SSSR count). The molecule has 114 valence electrons. The summed E-state index contributed by atoms with van der Waals surface area (Å²) in [6.45, 7) is 15.4. The lowest BCUT2D eigenvalue weighted by Crippen LogP contribution is -2.43. The maximum Gasteiger partial charge on any atom is 0.0101 e. The molecule has 1 aliphatic carbocycles. The first-order valence-electron chi connectivity index (χ1n) is 8.63. The second-order valence-electron chi connectivity index (χ2n) is 7.78. The van der Waals surface area contributed by atoms with Gasteiger partial charge in [-0.25, -0.2) is 0 Å². The minimum atomic E-state index is 0.435. The van der Waals surface area contributed by atoms with Gasteiger partial charge in [0, 0.05) is 6.04 Å². The van der Waals surface area contributed by atoms with Crippen molar-refractivity contribution in [3.63, 3.8) is 0 Å². The third-order valence-corrected chi connectivity index (χ3v) is 5.56. The van der Waals surface area contributed by atoms with E-state index in [1.165, 1.54) is 38.5 Å². The van der Waals surface area contributed by atoms with Gasteiger partial charge in [-0.1, -0.05) is 67.2 Å². The predicted molar refractivity (Wildman–Crippen MR) is 86.4 cm³/mol. The lowest BCUT2D eigenvalue weighted by molar-refractivity contribution is 0.134. The lowest BCUT2D eigenvalue weighted by Gasteiger charge is -2.40. The van der Waals surface area contributed by atoms with Crippen LogP contribution in [-0.2, 0) is 0 Å². The Hall–Kier alpha value is -0.0400. The van der Waals surface area contributed by atoms with Crippen LogP contribution in [0.15, 0.2) is 0 Å². The van der Waals surface area contributed by atoms with Gasteiger partial charge < -0.3 is 5.32 Å². The molecule has 1 aliphatic rings. The standard InChI is InChI=1S/C18H37N/c1-7-15-11-9-10-12-16(15)17(19-8-2)13-14(3)18(4,5)6/h14-17,19H,7-13H2,1-6H3. The molecule has 4 unspecified atom stereocenters. The van der Waals surface area contributed by atoms with Crippen molar-refractivity contribution in [2.75, 3.05) is 6.54 Å². The van der Waals surface area contributed by atoms with Crippen LogP contribution in [0.1, 0.15) is 80.1 Å². The zero-order valence-corrected chi connectivity index (χ0v) is 14.3. The summed E-state index contributed by atoms with van der Waals surface area (Å²) in [5.74, 6) is 2.67. The van der Waals surface area contributed by atoms with Crippen LogP contribution in [0.4, 0.5) is 0 Å². The van der Waals surface area contributed by atoms with Crippen molar-refractivity contribution in [3.8, 4) is 0 Å². The van der Waals surface area contributed by atoms with E-state index in [0.29, 0.717) is 5.41 Å². The quantitative estimate of drug-likeness (QED) is 0.693. The molecule has 1 saturated carbocycles. The van der Waals surface area contributed by atoms with Crippen LogP contribution in [0.25, 0.3) is 0 Å². The van der Waals surface area contributed by atoms with E-state index in [1.54, 1.807) is 0 Å². The molecule has 0 spiro atoms. The van der Waals surface area contributed by atoms with Crippen molar-refractivity contribution >= 4 is 0 Å². The molecule has 0 aromatic carbocycles. The summed E-state index contributed by atoms with van der Waals surface area (Å²) >= 11 is 0. The molecule has 4 atom stereocenters. The highest BCUT2D eigenvalue weighted by molar-refractivity contribution is 4.87. The maximum absolute atomic E-state index is 3.82. The minimum Gasteiger partial charge on any atom is -0.314 e. The van der Waals surface area contributed by atoms with Crippen LogP contribution in [0, 0.1) is 23.2 Å². The second kappa shape index (κ2) is 7.67. The van der Waals surface area contributed by atoms with Crippen LogP contribution < -0.4 is 5.32 Å². The largest absolute Gasteiger partial charge is 0.314 e. The first kappa shape index (κ1) is 17.0. The van der Waals surface area contributed by atoms with E-state index in [-0.39, 0.29) is 0 Å². The minimum absolute atomic E-state index is 0.435. The first-order chi connectivity index (χ1) is 8.90. The Bertz CT molecular complexity index is 241. The Kier molecular flexibility index (Phi) is 6.86. The number of hydrogen-bond donors (Lipinski definition) is 1. The summed E-state index contributed by atoms with van der Waals surface area (Å²) in [6.07, 6.45) is 8.55. The molecule has 1 fully saturated rings. The van der Waals surface area contributed by atoms with Gasteiger partial charge in [0.2, 0.25) is 0 Å². The normalized spacial score (nSPS) is 28.1. The Morgan fingerprint density at radius 1 is 1.11 bits per heavy atom.